The number of nitrogens with two attached hydrogens (primary N) is 1. The third-order valence-corrected chi connectivity index (χ3v) is 3.52. The van der Waals surface area contributed by atoms with Crippen molar-refractivity contribution in [3.63, 3.8) is 0 Å². The summed E-state index contributed by atoms with van der Waals surface area (Å²) in [5.74, 6) is -1.44. The van der Waals surface area contributed by atoms with Crippen molar-refractivity contribution in [2.24, 2.45) is 5.73 Å². The molecule has 0 aromatic carbocycles. The molecule has 8 heteroatoms. The lowest BCUT2D eigenvalue weighted by Gasteiger charge is -2.38. The number of amides is 3. The van der Waals surface area contributed by atoms with Crippen molar-refractivity contribution < 1.29 is 19.5 Å². The van der Waals surface area contributed by atoms with Crippen LogP contribution >= 0.6 is 0 Å². The van der Waals surface area contributed by atoms with Gasteiger partial charge in [0.15, 0.2) is 0 Å². The van der Waals surface area contributed by atoms with Gasteiger partial charge in [-0.1, -0.05) is 0 Å². The van der Waals surface area contributed by atoms with Gasteiger partial charge >= 0.3 is 12.0 Å². The Morgan fingerprint density at radius 2 is 1.95 bits per heavy atom. The van der Waals surface area contributed by atoms with Gasteiger partial charge in [0.2, 0.25) is 5.91 Å². The smallest absolute Gasteiger partial charge is 0.328 e. The standard InChI is InChI=1S/C11H18N4O4/c12-7-1-3-14(4-2-7)11(19)15-6-9(16)13-5-8(15)10(17)18/h7-8H,1-6,12H2,(H,13,16)(H,17,18). The van der Waals surface area contributed by atoms with Gasteiger partial charge in [-0.25, -0.2) is 9.59 Å². The molecule has 1 atom stereocenters. The molecular formula is C11H18N4O4. The van der Waals surface area contributed by atoms with E-state index in [2.05, 4.69) is 5.32 Å². The quantitative estimate of drug-likeness (QED) is 0.531. The van der Waals surface area contributed by atoms with Gasteiger partial charge in [-0.15, -0.1) is 0 Å². The van der Waals surface area contributed by atoms with Crippen LogP contribution in [0.3, 0.4) is 0 Å². The van der Waals surface area contributed by atoms with Gasteiger partial charge < -0.3 is 21.1 Å². The molecule has 2 fully saturated rings. The number of carboxylic acids is 1. The Hall–Kier alpha value is -1.83. The lowest BCUT2D eigenvalue weighted by Crippen LogP contribution is -2.62. The average molecular weight is 270 g/mol. The molecule has 2 heterocycles. The van der Waals surface area contributed by atoms with Crippen molar-refractivity contribution in [2.75, 3.05) is 26.2 Å². The number of carbonyl (C=O) groups is 3. The Kier molecular flexibility index (Phi) is 3.89. The molecular weight excluding hydrogens is 252 g/mol. The SMILES string of the molecule is NC1CCN(C(=O)N2CC(=O)NCC2C(=O)O)CC1. The number of urea groups is 1. The van der Waals surface area contributed by atoms with Crippen LogP contribution in [-0.2, 0) is 9.59 Å². The number of hydrogen-bond acceptors (Lipinski definition) is 4. The predicted octanol–water partition coefficient (Wildman–Crippen LogP) is -1.59. The van der Waals surface area contributed by atoms with Crippen LogP contribution in [0.2, 0.25) is 0 Å². The van der Waals surface area contributed by atoms with Crippen LogP contribution < -0.4 is 11.1 Å². The number of nitrogens with zero attached hydrogens (tertiary/aromatic N) is 2. The van der Waals surface area contributed by atoms with Gasteiger partial charge in [0.05, 0.1) is 0 Å². The van der Waals surface area contributed by atoms with E-state index in [9.17, 15) is 14.4 Å². The first kappa shape index (κ1) is 13.6. The van der Waals surface area contributed by atoms with E-state index in [1.165, 1.54) is 0 Å². The molecule has 2 saturated heterocycles. The van der Waals surface area contributed by atoms with Crippen molar-refractivity contribution in [1.29, 1.82) is 0 Å². The molecule has 0 saturated carbocycles. The number of hydrogen-bond donors (Lipinski definition) is 3. The van der Waals surface area contributed by atoms with E-state index in [0.29, 0.717) is 25.9 Å². The first-order valence-electron chi connectivity index (χ1n) is 6.29. The highest BCUT2D eigenvalue weighted by atomic mass is 16.4. The van der Waals surface area contributed by atoms with Crippen LogP contribution in [0.1, 0.15) is 12.8 Å². The maximum absolute atomic E-state index is 12.3. The van der Waals surface area contributed by atoms with E-state index in [1.807, 2.05) is 0 Å². The van der Waals surface area contributed by atoms with Crippen molar-refractivity contribution in [3.8, 4) is 0 Å². The van der Waals surface area contributed by atoms with Gasteiger partial charge in [-0.05, 0) is 12.8 Å². The second-order valence-electron chi connectivity index (χ2n) is 4.89. The number of carbonyl (C=O) groups excluding carboxylic acids is 2. The molecule has 2 rings (SSSR count). The van der Waals surface area contributed by atoms with E-state index < -0.39 is 18.0 Å². The van der Waals surface area contributed by atoms with Crippen LogP contribution in [0.5, 0.6) is 0 Å². The maximum atomic E-state index is 12.3. The fraction of sp³-hybridized carbons (Fsp3) is 0.727. The van der Waals surface area contributed by atoms with Crippen LogP contribution in [0.15, 0.2) is 0 Å². The molecule has 1 unspecified atom stereocenters. The number of aliphatic carboxylic acids is 1. The summed E-state index contributed by atoms with van der Waals surface area (Å²) in [6.45, 7) is 0.751. The van der Waals surface area contributed by atoms with Crippen LogP contribution in [0.4, 0.5) is 4.79 Å². The lowest BCUT2D eigenvalue weighted by molar-refractivity contribution is -0.144. The Morgan fingerprint density at radius 3 is 2.53 bits per heavy atom. The summed E-state index contributed by atoms with van der Waals surface area (Å²) in [5, 5.41) is 11.6. The van der Waals surface area contributed by atoms with Gasteiger partial charge in [0, 0.05) is 25.7 Å². The third-order valence-electron chi connectivity index (χ3n) is 3.52. The molecule has 106 valence electrons. The van der Waals surface area contributed by atoms with E-state index in [-0.39, 0.29) is 25.0 Å². The second kappa shape index (κ2) is 5.43. The van der Waals surface area contributed by atoms with Gasteiger partial charge in [-0.3, -0.25) is 9.69 Å². The fourth-order valence-electron chi connectivity index (χ4n) is 2.34. The zero-order valence-electron chi connectivity index (χ0n) is 10.5. The maximum Gasteiger partial charge on any atom is 0.328 e. The Morgan fingerprint density at radius 1 is 1.32 bits per heavy atom. The molecule has 0 radical (unpaired) electrons. The number of carboxylic acid groups (broad SMARTS) is 1. The van der Waals surface area contributed by atoms with Crippen molar-refractivity contribution in [3.05, 3.63) is 0 Å². The Balaban J connectivity index is 2.06. The largest absolute Gasteiger partial charge is 0.480 e. The number of nitrogens with one attached hydrogen (secondary N) is 1. The summed E-state index contributed by atoms with van der Waals surface area (Å²) >= 11 is 0. The number of rotatable bonds is 1. The van der Waals surface area contributed by atoms with Crippen LogP contribution in [0, 0.1) is 0 Å². The summed E-state index contributed by atoms with van der Waals surface area (Å²) in [5.41, 5.74) is 5.76. The molecule has 0 spiro atoms. The zero-order valence-corrected chi connectivity index (χ0v) is 10.5. The number of likely N-dealkylation sites (tertiary alicyclic amines) is 1. The molecule has 8 nitrogen and oxygen atoms in total. The van der Waals surface area contributed by atoms with E-state index in [4.69, 9.17) is 10.8 Å². The van der Waals surface area contributed by atoms with E-state index in [0.717, 1.165) is 4.90 Å². The van der Waals surface area contributed by atoms with Gasteiger partial charge in [-0.2, -0.15) is 0 Å². The molecule has 4 N–H and O–H groups in total. The highest BCUT2D eigenvalue weighted by molar-refractivity contribution is 5.90. The zero-order chi connectivity index (χ0) is 14.0. The highest BCUT2D eigenvalue weighted by Crippen LogP contribution is 2.14. The van der Waals surface area contributed by atoms with Crippen molar-refractivity contribution in [1.82, 2.24) is 15.1 Å². The molecule has 0 aliphatic carbocycles. The Labute approximate surface area is 110 Å². The summed E-state index contributed by atoms with van der Waals surface area (Å²) in [7, 11) is 0. The van der Waals surface area contributed by atoms with Crippen LogP contribution in [0.25, 0.3) is 0 Å². The minimum Gasteiger partial charge on any atom is -0.480 e. The van der Waals surface area contributed by atoms with Gasteiger partial charge in [0.1, 0.15) is 12.6 Å². The normalized spacial score (nSPS) is 25.1. The highest BCUT2D eigenvalue weighted by Gasteiger charge is 2.37. The number of piperazine rings is 1. The summed E-state index contributed by atoms with van der Waals surface area (Å²) in [6.07, 6.45) is 1.40. The molecule has 19 heavy (non-hydrogen) atoms. The summed E-state index contributed by atoms with van der Waals surface area (Å²) < 4.78 is 0. The molecule has 0 bridgehead atoms. The molecule has 3 amide bonds. The minimum atomic E-state index is -1.11. The first-order chi connectivity index (χ1) is 8.99. The van der Waals surface area contributed by atoms with Crippen molar-refractivity contribution in [2.45, 2.75) is 24.9 Å². The average Bonchev–Trinajstić information content (AvgIpc) is 2.38. The molecule has 2 aliphatic heterocycles. The Bertz CT molecular complexity index is 392. The minimum absolute atomic E-state index is 0.0484. The molecule has 0 aromatic rings. The van der Waals surface area contributed by atoms with Gasteiger partial charge in [0.25, 0.3) is 0 Å². The topological polar surface area (TPSA) is 116 Å². The predicted molar refractivity (Wildman–Crippen MR) is 65.3 cm³/mol. The first-order valence-corrected chi connectivity index (χ1v) is 6.29. The number of piperidine rings is 1. The van der Waals surface area contributed by atoms with Crippen LogP contribution in [-0.4, -0.2) is 71.1 Å². The van der Waals surface area contributed by atoms with Crippen molar-refractivity contribution >= 4 is 17.9 Å². The molecule has 2 aliphatic rings. The second-order valence-corrected chi connectivity index (χ2v) is 4.89. The van der Waals surface area contributed by atoms with E-state index in [1.54, 1.807) is 4.90 Å². The fourth-order valence-corrected chi connectivity index (χ4v) is 2.34. The third kappa shape index (κ3) is 2.95. The van der Waals surface area contributed by atoms with E-state index >= 15 is 0 Å². The summed E-state index contributed by atoms with van der Waals surface area (Å²) in [4.78, 5) is 37.4. The lowest BCUT2D eigenvalue weighted by atomic mass is 10.1. The monoisotopic (exact) mass is 270 g/mol. The summed E-state index contributed by atoms with van der Waals surface area (Å²) in [6, 6.07) is -1.31. The molecule has 0 aromatic heterocycles.